The maximum absolute atomic E-state index is 11.1. The van der Waals surface area contributed by atoms with Gasteiger partial charge < -0.3 is 9.84 Å². The molecule has 1 aromatic carbocycles. The van der Waals surface area contributed by atoms with Crippen LogP contribution in [0.5, 0.6) is 5.06 Å². The van der Waals surface area contributed by atoms with Crippen molar-refractivity contribution in [3.8, 4) is 5.06 Å². The van der Waals surface area contributed by atoms with Gasteiger partial charge in [0.2, 0.25) is 6.10 Å². The Bertz CT molecular complexity index is 450. The summed E-state index contributed by atoms with van der Waals surface area (Å²) in [6.45, 7) is 0. The van der Waals surface area contributed by atoms with Crippen LogP contribution < -0.4 is 4.74 Å². The second kappa shape index (κ2) is 4.81. The first-order valence-corrected chi connectivity index (χ1v) is 5.63. The van der Waals surface area contributed by atoms with Gasteiger partial charge in [-0.15, -0.1) is 11.3 Å². The molecule has 2 rings (SSSR count). The van der Waals surface area contributed by atoms with Gasteiger partial charge in [-0.05, 0) is 17.5 Å². The Morgan fingerprint density at radius 3 is 2.50 bits per heavy atom. The highest BCUT2D eigenvalue weighted by molar-refractivity contribution is 7.11. The van der Waals surface area contributed by atoms with Gasteiger partial charge in [-0.25, -0.2) is 4.79 Å². The number of benzene rings is 1. The standard InChI is InChI=1S/C12H10O3S/c13-12(14)11(9-5-2-1-3-6-9)15-10-7-4-8-16-10/h1-8,11H,(H,13,14)/t11-/m0/s1. The fraction of sp³-hybridized carbons (Fsp3) is 0.0833. The minimum absolute atomic E-state index is 0.608. The van der Waals surface area contributed by atoms with Crippen molar-refractivity contribution < 1.29 is 14.6 Å². The lowest BCUT2D eigenvalue weighted by atomic mass is 10.1. The first-order valence-electron chi connectivity index (χ1n) is 4.75. The molecule has 0 aliphatic heterocycles. The molecular formula is C12H10O3S. The summed E-state index contributed by atoms with van der Waals surface area (Å²) in [6.07, 6.45) is -0.945. The lowest BCUT2D eigenvalue weighted by molar-refractivity contribution is -0.145. The third kappa shape index (κ3) is 2.41. The molecular weight excluding hydrogens is 224 g/mol. The van der Waals surface area contributed by atoms with Gasteiger partial charge in [0.1, 0.15) is 0 Å². The molecule has 1 heterocycles. The molecule has 0 amide bonds. The average molecular weight is 234 g/mol. The fourth-order valence-corrected chi connectivity index (χ4v) is 1.94. The smallest absolute Gasteiger partial charge is 0.349 e. The van der Waals surface area contributed by atoms with E-state index in [4.69, 9.17) is 9.84 Å². The van der Waals surface area contributed by atoms with Crippen LogP contribution in [-0.4, -0.2) is 11.1 Å². The molecule has 2 aromatic rings. The van der Waals surface area contributed by atoms with Gasteiger partial charge in [-0.1, -0.05) is 30.3 Å². The topological polar surface area (TPSA) is 46.5 Å². The molecule has 0 fully saturated rings. The van der Waals surface area contributed by atoms with Crippen molar-refractivity contribution in [1.82, 2.24) is 0 Å². The van der Waals surface area contributed by atoms with Crippen molar-refractivity contribution in [3.05, 3.63) is 53.4 Å². The third-order valence-corrected chi connectivity index (χ3v) is 2.81. The van der Waals surface area contributed by atoms with E-state index in [-0.39, 0.29) is 0 Å². The van der Waals surface area contributed by atoms with E-state index < -0.39 is 12.1 Å². The molecule has 3 nitrogen and oxygen atoms in total. The van der Waals surface area contributed by atoms with Gasteiger partial charge in [0.15, 0.2) is 5.06 Å². The van der Waals surface area contributed by atoms with Crippen molar-refractivity contribution in [2.45, 2.75) is 6.10 Å². The van der Waals surface area contributed by atoms with Crippen molar-refractivity contribution in [3.63, 3.8) is 0 Å². The zero-order chi connectivity index (χ0) is 11.4. The maximum atomic E-state index is 11.1. The van der Waals surface area contributed by atoms with E-state index in [1.165, 1.54) is 11.3 Å². The van der Waals surface area contributed by atoms with Gasteiger partial charge in [0, 0.05) is 5.56 Å². The van der Waals surface area contributed by atoms with Crippen LogP contribution in [0.2, 0.25) is 0 Å². The van der Waals surface area contributed by atoms with Crippen LogP contribution in [-0.2, 0) is 4.79 Å². The van der Waals surface area contributed by atoms with E-state index in [0.717, 1.165) is 0 Å². The number of hydrogen-bond acceptors (Lipinski definition) is 3. The Labute approximate surface area is 96.9 Å². The zero-order valence-electron chi connectivity index (χ0n) is 8.37. The number of rotatable bonds is 4. The molecule has 1 N–H and O–H groups in total. The second-order valence-corrected chi connectivity index (χ2v) is 4.09. The highest BCUT2D eigenvalue weighted by atomic mass is 32.1. The Balaban J connectivity index is 2.22. The summed E-state index contributed by atoms with van der Waals surface area (Å²) in [5.41, 5.74) is 0.642. The molecule has 0 unspecified atom stereocenters. The molecule has 4 heteroatoms. The van der Waals surface area contributed by atoms with Crippen molar-refractivity contribution in [2.24, 2.45) is 0 Å². The van der Waals surface area contributed by atoms with E-state index in [0.29, 0.717) is 10.6 Å². The number of aliphatic carboxylic acids is 1. The quantitative estimate of drug-likeness (QED) is 0.884. The van der Waals surface area contributed by atoms with Crippen LogP contribution in [0.15, 0.2) is 47.8 Å². The van der Waals surface area contributed by atoms with E-state index in [1.807, 2.05) is 17.5 Å². The molecule has 0 saturated carbocycles. The first kappa shape index (κ1) is 10.7. The molecule has 82 valence electrons. The first-order chi connectivity index (χ1) is 7.77. The Hall–Kier alpha value is -1.81. The molecule has 0 spiro atoms. The molecule has 0 radical (unpaired) electrons. The number of hydrogen-bond donors (Lipinski definition) is 1. The van der Waals surface area contributed by atoms with Crippen LogP contribution in [0.3, 0.4) is 0 Å². The van der Waals surface area contributed by atoms with Crippen molar-refractivity contribution in [1.29, 1.82) is 0 Å². The summed E-state index contributed by atoms with van der Waals surface area (Å²) >= 11 is 1.38. The fourth-order valence-electron chi connectivity index (χ4n) is 1.34. The number of carboxylic acids is 1. The average Bonchev–Trinajstić information content (AvgIpc) is 2.79. The number of carboxylic acid groups (broad SMARTS) is 1. The molecule has 1 atom stereocenters. The van der Waals surface area contributed by atoms with Gasteiger partial charge in [0.05, 0.1) is 0 Å². The monoisotopic (exact) mass is 234 g/mol. The summed E-state index contributed by atoms with van der Waals surface area (Å²) in [5, 5.41) is 11.6. The van der Waals surface area contributed by atoms with Crippen LogP contribution in [0.25, 0.3) is 0 Å². The third-order valence-electron chi connectivity index (χ3n) is 2.06. The van der Waals surface area contributed by atoms with Gasteiger partial charge >= 0.3 is 5.97 Å². The number of ether oxygens (including phenoxy) is 1. The number of thiophene rings is 1. The van der Waals surface area contributed by atoms with Crippen LogP contribution in [0, 0.1) is 0 Å². The maximum Gasteiger partial charge on any atom is 0.349 e. The summed E-state index contributed by atoms with van der Waals surface area (Å²) in [5.74, 6) is -0.986. The van der Waals surface area contributed by atoms with E-state index in [2.05, 4.69) is 0 Å². The van der Waals surface area contributed by atoms with Crippen molar-refractivity contribution in [2.75, 3.05) is 0 Å². The summed E-state index contributed by atoms with van der Waals surface area (Å²) < 4.78 is 5.42. The normalized spacial score (nSPS) is 12.0. The van der Waals surface area contributed by atoms with E-state index in [9.17, 15) is 4.79 Å². The SMILES string of the molecule is O=C(O)[C@@H](Oc1cccs1)c1ccccc1. The van der Waals surface area contributed by atoms with Gasteiger partial charge in [-0.3, -0.25) is 0 Å². The molecule has 0 bridgehead atoms. The van der Waals surface area contributed by atoms with E-state index >= 15 is 0 Å². The molecule has 1 aromatic heterocycles. The van der Waals surface area contributed by atoms with Crippen LogP contribution >= 0.6 is 11.3 Å². The predicted octanol–water partition coefficient (Wildman–Crippen LogP) is 2.95. The lowest BCUT2D eigenvalue weighted by Gasteiger charge is -2.13. The molecule has 16 heavy (non-hydrogen) atoms. The lowest BCUT2D eigenvalue weighted by Crippen LogP contribution is -2.17. The summed E-state index contributed by atoms with van der Waals surface area (Å²) in [7, 11) is 0. The Morgan fingerprint density at radius 2 is 1.94 bits per heavy atom. The van der Waals surface area contributed by atoms with Crippen LogP contribution in [0.1, 0.15) is 11.7 Å². The van der Waals surface area contributed by atoms with E-state index in [1.54, 1.807) is 30.3 Å². The summed E-state index contributed by atoms with van der Waals surface area (Å²) in [6, 6.07) is 12.5. The highest BCUT2D eigenvalue weighted by Crippen LogP contribution is 2.26. The molecule has 0 saturated heterocycles. The minimum atomic E-state index is -0.986. The van der Waals surface area contributed by atoms with Gasteiger partial charge in [0.25, 0.3) is 0 Å². The molecule has 0 aliphatic rings. The Kier molecular flexibility index (Phi) is 3.22. The zero-order valence-corrected chi connectivity index (χ0v) is 9.18. The van der Waals surface area contributed by atoms with Crippen molar-refractivity contribution >= 4 is 17.3 Å². The minimum Gasteiger partial charge on any atom is -0.478 e. The van der Waals surface area contributed by atoms with Crippen LogP contribution in [0.4, 0.5) is 0 Å². The predicted molar refractivity (Wildman–Crippen MR) is 61.8 cm³/mol. The molecule has 0 aliphatic carbocycles. The Morgan fingerprint density at radius 1 is 1.19 bits per heavy atom. The van der Waals surface area contributed by atoms with Gasteiger partial charge in [-0.2, -0.15) is 0 Å². The largest absolute Gasteiger partial charge is 0.478 e. The number of carbonyl (C=O) groups is 1. The summed E-state index contributed by atoms with van der Waals surface area (Å²) in [4.78, 5) is 11.1. The highest BCUT2D eigenvalue weighted by Gasteiger charge is 2.21. The second-order valence-electron chi connectivity index (χ2n) is 3.18.